The minimum Gasteiger partial charge on any atom is -0.285 e. The van der Waals surface area contributed by atoms with Gasteiger partial charge in [0.05, 0.1) is 12.1 Å². The predicted molar refractivity (Wildman–Crippen MR) is 73.0 cm³/mol. The highest BCUT2D eigenvalue weighted by atomic mass is 15.2. The van der Waals surface area contributed by atoms with Gasteiger partial charge in [-0.05, 0) is 69.7 Å². The second-order valence-electron chi connectivity index (χ2n) is 7.19. The zero-order valence-electron chi connectivity index (χ0n) is 11.9. The van der Waals surface area contributed by atoms with Crippen molar-refractivity contribution in [2.45, 2.75) is 69.9 Å². The fourth-order valence-corrected chi connectivity index (χ4v) is 5.45. The first-order valence-corrected chi connectivity index (χ1v) is 7.79. The highest BCUT2D eigenvalue weighted by molar-refractivity contribution is 5.10. The van der Waals surface area contributed by atoms with Crippen LogP contribution in [0.5, 0.6) is 0 Å². The molecule has 4 bridgehead atoms. The van der Waals surface area contributed by atoms with Gasteiger partial charge in [-0.25, -0.2) is 0 Å². The standard InChI is InChI=1S/C16H26N2/c1-3-4-15(11-17)18(2)16-8-12-5-13(9-16)7-14(6-12)10-16/h12-15H,3-10H2,1-2H3. The lowest BCUT2D eigenvalue weighted by molar-refractivity contribution is -0.0876. The molecule has 4 aliphatic rings. The molecule has 0 aromatic heterocycles. The van der Waals surface area contributed by atoms with Crippen molar-refractivity contribution >= 4 is 0 Å². The van der Waals surface area contributed by atoms with Crippen LogP contribution in [0, 0.1) is 29.1 Å². The maximum absolute atomic E-state index is 9.44. The van der Waals surface area contributed by atoms with Crippen LogP contribution >= 0.6 is 0 Å². The fraction of sp³-hybridized carbons (Fsp3) is 0.938. The Bertz CT molecular complexity index is 319. The largest absolute Gasteiger partial charge is 0.285 e. The molecule has 1 unspecified atom stereocenters. The summed E-state index contributed by atoms with van der Waals surface area (Å²) in [5.74, 6) is 2.92. The molecule has 18 heavy (non-hydrogen) atoms. The molecule has 0 radical (unpaired) electrons. The Morgan fingerprint density at radius 1 is 1.17 bits per heavy atom. The van der Waals surface area contributed by atoms with Gasteiger partial charge in [0.2, 0.25) is 0 Å². The molecule has 0 aliphatic heterocycles. The van der Waals surface area contributed by atoms with Crippen LogP contribution < -0.4 is 0 Å². The van der Waals surface area contributed by atoms with Crippen molar-refractivity contribution in [1.82, 2.24) is 4.90 Å². The van der Waals surface area contributed by atoms with Gasteiger partial charge in [0, 0.05) is 5.54 Å². The van der Waals surface area contributed by atoms with Crippen LogP contribution in [0.1, 0.15) is 58.3 Å². The number of nitrogens with zero attached hydrogens (tertiary/aromatic N) is 2. The summed E-state index contributed by atoms with van der Waals surface area (Å²) < 4.78 is 0. The molecular formula is C16H26N2. The van der Waals surface area contributed by atoms with Crippen LogP contribution in [0.15, 0.2) is 0 Å². The van der Waals surface area contributed by atoms with Gasteiger partial charge in [0.1, 0.15) is 0 Å². The maximum Gasteiger partial charge on any atom is 0.0979 e. The van der Waals surface area contributed by atoms with E-state index in [9.17, 15) is 5.26 Å². The summed E-state index contributed by atoms with van der Waals surface area (Å²) in [5.41, 5.74) is 0.393. The molecule has 4 aliphatic carbocycles. The van der Waals surface area contributed by atoms with Crippen molar-refractivity contribution in [3.05, 3.63) is 0 Å². The Kier molecular flexibility index (Phi) is 3.14. The number of nitriles is 1. The molecule has 0 amide bonds. The second kappa shape index (κ2) is 4.53. The molecule has 2 heteroatoms. The molecule has 100 valence electrons. The number of hydrogen-bond donors (Lipinski definition) is 0. The van der Waals surface area contributed by atoms with Crippen molar-refractivity contribution in [3.8, 4) is 6.07 Å². The van der Waals surface area contributed by atoms with Crippen molar-refractivity contribution in [3.63, 3.8) is 0 Å². The van der Waals surface area contributed by atoms with Crippen LogP contribution in [-0.2, 0) is 0 Å². The summed E-state index contributed by atoms with van der Waals surface area (Å²) in [6.07, 6.45) is 10.7. The average Bonchev–Trinajstić information content (AvgIpc) is 2.33. The van der Waals surface area contributed by atoms with Gasteiger partial charge in [-0.2, -0.15) is 5.26 Å². The first-order valence-electron chi connectivity index (χ1n) is 7.79. The summed E-state index contributed by atoms with van der Waals surface area (Å²) in [5, 5.41) is 9.44. The Labute approximate surface area is 111 Å². The highest BCUT2D eigenvalue weighted by Gasteiger charge is 2.53. The molecule has 4 fully saturated rings. The van der Waals surface area contributed by atoms with E-state index < -0.39 is 0 Å². The lowest BCUT2D eigenvalue weighted by atomic mass is 9.52. The lowest BCUT2D eigenvalue weighted by Crippen LogP contribution is -2.61. The van der Waals surface area contributed by atoms with E-state index in [-0.39, 0.29) is 6.04 Å². The van der Waals surface area contributed by atoms with Crippen molar-refractivity contribution < 1.29 is 0 Å². The van der Waals surface area contributed by atoms with Gasteiger partial charge in [0.15, 0.2) is 0 Å². The molecule has 0 spiro atoms. The van der Waals surface area contributed by atoms with E-state index in [4.69, 9.17) is 0 Å². The van der Waals surface area contributed by atoms with Crippen LogP contribution in [0.3, 0.4) is 0 Å². The third-order valence-corrected chi connectivity index (χ3v) is 5.93. The van der Waals surface area contributed by atoms with E-state index in [1.165, 1.54) is 38.5 Å². The fourth-order valence-electron chi connectivity index (χ4n) is 5.45. The molecule has 4 saturated carbocycles. The summed E-state index contributed by atoms with van der Waals surface area (Å²) in [4.78, 5) is 2.49. The molecule has 0 N–H and O–H groups in total. The van der Waals surface area contributed by atoms with Gasteiger partial charge in [-0.1, -0.05) is 13.3 Å². The Hall–Kier alpha value is -0.550. The molecule has 4 rings (SSSR count). The molecule has 0 saturated heterocycles. The third kappa shape index (κ3) is 1.88. The summed E-state index contributed by atoms with van der Waals surface area (Å²) in [7, 11) is 2.23. The topological polar surface area (TPSA) is 27.0 Å². The first kappa shape index (κ1) is 12.5. The van der Waals surface area contributed by atoms with Gasteiger partial charge in [-0.15, -0.1) is 0 Å². The van der Waals surface area contributed by atoms with Gasteiger partial charge < -0.3 is 0 Å². The van der Waals surface area contributed by atoms with Crippen LogP contribution in [0.25, 0.3) is 0 Å². The minimum atomic E-state index is 0.145. The van der Waals surface area contributed by atoms with Crippen molar-refractivity contribution in [1.29, 1.82) is 5.26 Å². The number of rotatable bonds is 4. The summed E-state index contributed by atoms with van der Waals surface area (Å²) >= 11 is 0. The molecule has 1 atom stereocenters. The van der Waals surface area contributed by atoms with Crippen LogP contribution in [0.4, 0.5) is 0 Å². The third-order valence-electron chi connectivity index (χ3n) is 5.93. The van der Waals surface area contributed by atoms with Crippen molar-refractivity contribution in [2.24, 2.45) is 17.8 Å². The Morgan fingerprint density at radius 3 is 2.06 bits per heavy atom. The zero-order valence-corrected chi connectivity index (χ0v) is 11.9. The van der Waals surface area contributed by atoms with Crippen molar-refractivity contribution in [2.75, 3.05) is 7.05 Å². The molecule has 0 heterocycles. The Balaban J connectivity index is 1.80. The SMILES string of the molecule is CCCC(C#N)N(C)C12CC3CC(CC(C3)C1)C2. The highest BCUT2D eigenvalue weighted by Crippen LogP contribution is 2.57. The zero-order chi connectivity index (χ0) is 12.8. The van der Waals surface area contributed by atoms with E-state index in [0.29, 0.717) is 5.54 Å². The van der Waals surface area contributed by atoms with E-state index in [0.717, 1.165) is 30.6 Å². The quantitative estimate of drug-likeness (QED) is 0.758. The monoisotopic (exact) mass is 246 g/mol. The molecule has 0 aromatic rings. The smallest absolute Gasteiger partial charge is 0.0979 e. The van der Waals surface area contributed by atoms with Gasteiger partial charge in [-0.3, -0.25) is 4.90 Å². The van der Waals surface area contributed by atoms with E-state index >= 15 is 0 Å². The van der Waals surface area contributed by atoms with Gasteiger partial charge >= 0.3 is 0 Å². The van der Waals surface area contributed by atoms with E-state index in [1.54, 1.807) is 0 Å². The van der Waals surface area contributed by atoms with E-state index in [2.05, 4.69) is 24.9 Å². The Morgan fingerprint density at radius 2 is 1.67 bits per heavy atom. The van der Waals surface area contributed by atoms with Crippen LogP contribution in [0.2, 0.25) is 0 Å². The lowest BCUT2D eigenvalue weighted by Gasteiger charge is -2.60. The normalized spacial score (nSPS) is 43.1. The summed E-state index contributed by atoms with van der Waals surface area (Å²) in [6, 6.07) is 2.70. The second-order valence-corrected chi connectivity index (χ2v) is 7.19. The average molecular weight is 246 g/mol. The summed E-state index contributed by atoms with van der Waals surface area (Å²) in [6.45, 7) is 2.19. The maximum atomic E-state index is 9.44. The van der Waals surface area contributed by atoms with Crippen LogP contribution in [-0.4, -0.2) is 23.5 Å². The molecule has 0 aromatic carbocycles. The number of hydrogen-bond acceptors (Lipinski definition) is 2. The molecular weight excluding hydrogens is 220 g/mol. The minimum absolute atomic E-state index is 0.145. The van der Waals surface area contributed by atoms with E-state index in [1.807, 2.05) is 0 Å². The van der Waals surface area contributed by atoms with Gasteiger partial charge in [0.25, 0.3) is 0 Å². The molecule has 2 nitrogen and oxygen atoms in total. The predicted octanol–water partition coefficient (Wildman–Crippen LogP) is 3.58. The first-order chi connectivity index (χ1) is 8.66.